The van der Waals surface area contributed by atoms with Crippen LogP contribution in [0.2, 0.25) is 0 Å². The Balaban J connectivity index is 4.75. The van der Waals surface area contributed by atoms with Gasteiger partial charge in [-0.25, -0.2) is 4.79 Å². The monoisotopic (exact) mass is 173 g/mol. The average Bonchev–Trinajstić information content (AvgIpc) is 1.83. The zero-order valence-corrected chi connectivity index (χ0v) is 5.48. The van der Waals surface area contributed by atoms with Crippen LogP contribution in [0, 0.1) is 0 Å². The number of carbonyl (C=O) groups excluding carboxylic acids is 1. The van der Waals surface area contributed by atoms with Crippen molar-refractivity contribution in [2.24, 2.45) is 5.73 Å². The number of quaternary nitrogens is 1. The lowest BCUT2D eigenvalue weighted by atomic mass is 10.0. The molecule has 1 atom stereocenters. The predicted molar refractivity (Wildman–Crippen MR) is 28.0 cm³/mol. The molecule has 0 aromatic rings. The number of carbonyl (C=O) groups is 1. The molecule has 11 heavy (non-hydrogen) atoms. The van der Waals surface area contributed by atoms with Crippen molar-refractivity contribution in [2.75, 3.05) is 6.54 Å². The highest BCUT2D eigenvalue weighted by Gasteiger charge is 2.60. The van der Waals surface area contributed by atoms with E-state index in [1.165, 1.54) is 0 Å². The second-order valence-corrected chi connectivity index (χ2v) is 1.99. The minimum atomic E-state index is -5.05. The number of halogens is 3. The minimum absolute atomic E-state index is 1.21. The van der Waals surface area contributed by atoms with E-state index in [1.807, 2.05) is 0 Å². The van der Waals surface area contributed by atoms with Gasteiger partial charge in [-0.15, -0.1) is 0 Å². The number of amides is 1. The summed E-state index contributed by atoms with van der Waals surface area (Å²) in [6.45, 7) is -1.21. The second kappa shape index (κ2) is 2.76. The van der Waals surface area contributed by atoms with Gasteiger partial charge in [0.05, 0.1) is 0 Å². The zero-order valence-electron chi connectivity index (χ0n) is 5.48. The molecular weight excluding hydrogens is 165 g/mol. The second-order valence-electron chi connectivity index (χ2n) is 1.99. The summed E-state index contributed by atoms with van der Waals surface area (Å²) >= 11 is 0. The van der Waals surface area contributed by atoms with Crippen molar-refractivity contribution in [1.82, 2.24) is 0 Å². The summed E-state index contributed by atoms with van der Waals surface area (Å²) in [6, 6.07) is 0. The molecule has 0 rings (SSSR count). The molecule has 0 bridgehead atoms. The first-order valence-electron chi connectivity index (χ1n) is 2.61. The number of nitrogens with two attached hydrogens (primary N) is 1. The number of hydrogen-bond donors (Lipinski definition) is 3. The standard InChI is InChI=1S/C4H7F3N2O2/c5-4(6,7)3(11,1-8)2(9)10/h11H,1,8H2,(H2,9,10)/p+1. The maximum atomic E-state index is 11.8. The molecule has 66 valence electrons. The zero-order chi connectivity index (χ0) is 9.28. The Hall–Kier alpha value is -0.660. The van der Waals surface area contributed by atoms with Gasteiger partial charge in [0.15, 0.2) is 0 Å². The summed E-state index contributed by atoms with van der Waals surface area (Å²) in [5.74, 6) is -1.65. The van der Waals surface area contributed by atoms with Gasteiger partial charge in [-0.3, -0.25) is 5.73 Å². The first kappa shape index (κ1) is 10.3. The molecule has 7 heteroatoms. The first-order valence-corrected chi connectivity index (χ1v) is 2.61. The van der Waals surface area contributed by atoms with Crippen LogP contribution < -0.4 is 11.5 Å². The summed E-state index contributed by atoms with van der Waals surface area (Å²) < 4.78 is 35.3. The van der Waals surface area contributed by atoms with E-state index in [9.17, 15) is 18.0 Å². The summed E-state index contributed by atoms with van der Waals surface area (Å²) in [5, 5.41) is 8.57. The predicted octanol–water partition coefficient (Wildman–Crippen LogP) is -1.99. The largest absolute Gasteiger partial charge is 0.431 e. The fourth-order valence-electron chi connectivity index (χ4n) is 0.388. The molecule has 1 unspecified atom stereocenters. The van der Waals surface area contributed by atoms with Crippen molar-refractivity contribution >= 4 is 5.91 Å². The van der Waals surface area contributed by atoms with E-state index < -0.39 is 24.2 Å². The highest BCUT2D eigenvalue weighted by Crippen LogP contribution is 2.28. The first-order chi connectivity index (χ1) is 4.75. The molecule has 0 fully saturated rings. The normalized spacial score (nSPS) is 17.6. The molecule has 0 aromatic heterocycles. The van der Waals surface area contributed by atoms with Gasteiger partial charge in [0.1, 0.15) is 0 Å². The fourth-order valence-corrected chi connectivity index (χ4v) is 0.388. The van der Waals surface area contributed by atoms with Crippen molar-refractivity contribution < 1.29 is 28.8 Å². The molecule has 0 spiro atoms. The third kappa shape index (κ3) is 1.67. The van der Waals surface area contributed by atoms with E-state index in [4.69, 9.17) is 5.11 Å². The number of aliphatic hydroxyl groups is 1. The molecule has 0 saturated carbocycles. The molecule has 0 aliphatic rings. The van der Waals surface area contributed by atoms with Crippen LogP contribution in [-0.2, 0) is 4.79 Å². The molecular formula is C4H8F3N2O2+. The Morgan fingerprint density at radius 1 is 1.55 bits per heavy atom. The van der Waals surface area contributed by atoms with Crippen LogP contribution in [0.4, 0.5) is 13.2 Å². The van der Waals surface area contributed by atoms with E-state index >= 15 is 0 Å². The molecule has 0 heterocycles. The average molecular weight is 173 g/mol. The molecule has 0 aliphatic carbocycles. The third-order valence-corrected chi connectivity index (χ3v) is 1.23. The van der Waals surface area contributed by atoms with Crippen molar-refractivity contribution in [3.8, 4) is 0 Å². The maximum absolute atomic E-state index is 11.8. The van der Waals surface area contributed by atoms with E-state index in [-0.39, 0.29) is 0 Å². The quantitative estimate of drug-likeness (QED) is 0.451. The van der Waals surface area contributed by atoms with Crippen LogP contribution in [0.25, 0.3) is 0 Å². The minimum Gasteiger partial charge on any atom is -0.369 e. The van der Waals surface area contributed by atoms with Crippen molar-refractivity contribution in [1.29, 1.82) is 0 Å². The van der Waals surface area contributed by atoms with Gasteiger partial charge >= 0.3 is 12.1 Å². The van der Waals surface area contributed by atoms with Crippen molar-refractivity contribution in [2.45, 2.75) is 11.8 Å². The van der Waals surface area contributed by atoms with Crippen molar-refractivity contribution in [3.63, 3.8) is 0 Å². The lowest BCUT2D eigenvalue weighted by Crippen LogP contribution is -2.74. The summed E-state index contributed by atoms with van der Waals surface area (Å²) in [7, 11) is 0. The smallest absolute Gasteiger partial charge is 0.369 e. The van der Waals surface area contributed by atoms with Crippen LogP contribution in [0.5, 0.6) is 0 Å². The molecule has 6 N–H and O–H groups in total. The number of alkyl halides is 3. The van der Waals surface area contributed by atoms with Gasteiger partial charge in [0.25, 0.3) is 5.60 Å². The topological polar surface area (TPSA) is 91.0 Å². The lowest BCUT2D eigenvalue weighted by molar-refractivity contribution is -0.352. The van der Waals surface area contributed by atoms with Gasteiger partial charge in [-0.1, -0.05) is 0 Å². The highest BCUT2D eigenvalue weighted by molar-refractivity contribution is 5.76. The van der Waals surface area contributed by atoms with E-state index in [2.05, 4.69) is 11.5 Å². The van der Waals surface area contributed by atoms with Crippen LogP contribution in [0.3, 0.4) is 0 Å². The summed E-state index contributed by atoms with van der Waals surface area (Å²) in [5.41, 5.74) is 3.53. The SMILES string of the molecule is NCC(O)(C([NH3+])=O)C(F)(F)F. The van der Waals surface area contributed by atoms with Crippen molar-refractivity contribution in [3.05, 3.63) is 0 Å². The third-order valence-electron chi connectivity index (χ3n) is 1.23. The molecule has 0 aromatic carbocycles. The van der Waals surface area contributed by atoms with Crippen LogP contribution in [0.1, 0.15) is 0 Å². The van der Waals surface area contributed by atoms with E-state index in [0.717, 1.165) is 0 Å². The van der Waals surface area contributed by atoms with E-state index in [0.29, 0.717) is 0 Å². The molecule has 0 radical (unpaired) electrons. The highest BCUT2D eigenvalue weighted by atomic mass is 19.4. The van der Waals surface area contributed by atoms with Gasteiger partial charge in [0.2, 0.25) is 0 Å². The van der Waals surface area contributed by atoms with Gasteiger partial charge in [-0.2, -0.15) is 13.2 Å². The summed E-state index contributed by atoms with van der Waals surface area (Å²) in [4.78, 5) is 10.2. The molecule has 0 saturated heterocycles. The molecule has 1 amide bonds. The Labute approximate surface area is 60.0 Å². The Kier molecular flexibility index (Phi) is 2.60. The van der Waals surface area contributed by atoms with Gasteiger partial charge in [-0.05, 0) is 0 Å². The molecule has 4 nitrogen and oxygen atoms in total. The Morgan fingerprint density at radius 3 is 1.91 bits per heavy atom. The van der Waals surface area contributed by atoms with Crippen LogP contribution in [-0.4, -0.2) is 29.3 Å². The number of hydrogen-bond acceptors (Lipinski definition) is 3. The van der Waals surface area contributed by atoms with Gasteiger partial charge < -0.3 is 10.8 Å². The summed E-state index contributed by atoms with van der Waals surface area (Å²) in [6.07, 6.45) is -5.05. The Bertz CT molecular complexity index is 169. The maximum Gasteiger partial charge on any atom is 0.431 e. The van der Waals surface area contributed by atoms with Gasteiger partial charge in [0, 0.05) is 6.54 Å². The van der Waals surface area contributed by atoms with Crippen LogP contribution >= 0.6 is 0 Å². The number of rotatable bonds is 2. The van der Waals surface area contributed by atoms with E-state index in [1.54, 1.807) is 0 Å². The molecule has 0 aliphatic heterocycles. The Morgan fingerprint density at radius 2 is 1.91 bits per heavy atom. The lowest BCUT2D eigenvalue weighted by Gasteiger charge is -2.22. The van der Waals surface area contributed by atoms with Crippen LogP contribution in [0.15, 0.2) is 0 Å². The fraction of sp³-hybridized carbons (Fsp3) is 0.750.